The Balaban J connectivity index is 2.66. The predicted molar refractivity (Wildman–Crippen MR) is 70.4 cm³/mol. The van der Waals surface area contributed by atoms with Crippen molar-refractivity contribution in [2.24, 2.45) is 0 Å². The summed E-state index contributed by atoms with van der Waals surface area (Å²) in [5, 5.41) is 0. The summed E-state index contributed by atoms with van der Waals surface area (Å²) in [5.41, 5.74) is 0.793. The zero-order valence-corrected chi connectivity index (χ0v) is 12.7. The van der Waals surface area contributed by atoms with E-state index >= 15 is 0 Å². The van der Waals surface area contributed by atoms with Gasteiger partial charge in [0.05, 0.1) is 4.90 Å². The summed E-state index contributed by atoms with van der Waals surface area (Å²) in [5.74, 6) is -0.639. The Labute approximate surface area is 119 Å². The van der Waals surface area contributed by atoms with Crippen LogP contribution in [0.3, 0.4) is 0 Å². The van der Waals surface area contributed by atoms with Gasteiger partial charge in [-0.15, -0.1) is 0 Å². The number of alkyl halides is 1. The average Bonchev–Trinajstić information content (AvgIpc) is 2.56. The molecule has 7 heteroatoms. The van der Waals surface area contributed by atoms with Crippen LogP contribution in [0.2, 0.25) is 0 Å². The number of benzene rings is 1. The Hall–Kier alpha value is -0.950. The number of carbonyl (C=O) groups excluding carboxylic acids is 1. The van der Waals surface area contributed by atoms with E-state index in [0.717, 1.165) is 6.26 Å². The molecule has 1 aliphatic carbocycles. The smallest absolute Gasteiger partial charge is 0.303 e. The highest BCUT2D eigenvalue weighted by atomic mass is 79.9. The maximum atomic E-state index is 14.0. The molecule has 0 fully saturated rings. The summed E-state index contributed by atoms with van der Waals surface area (Å²) < 4.78 is 43.1. The van der Waals surface area contributed by atoms with Crippen LogP contribution < -0.4 is 0 Å². The van der Waals surface area contributed by atoms with Crippen molar-refractivity contribution >= 4 is 31.7 Å². The molecule has 0 bridgehead atoms. The molecule has 4 nitrogen and oxygen atoms in total. The second-order valence-electron chi connectivity index (χ2n) is 4.46. The van der Waals surface area contributed by atoms with Crippen molar-refractivity contribution in [1.82, 2.24) is 0 Å². The van der Waals surface area contributed by atoms with Gasteiger partial charge in [0.2, 0.25) is 0 Å². The Kier molecular flexibility index (Phi) is 3.70. The summed E-state index contributed by atoms with van der Waals surface area (Å²) in [6.45, 7) is 1.17. The first-order chi connectivity index (χ1) is 8.71. The Bertz CT molecular complexity index is 641. The molecule has 0 N–H and O–H groups in total. The van der Waals surface area contributed by atoms with E-state index < -0.39 is 28.1 Å². The zero-order chi connectivity index (χ0) is 14.4. The summed E-state index contributed by atoms with van der Waals surface area (Å²) in [6, 6.07) is 2.96. The molecule has 1 aromatic carbocycles. The second kappa shape index (κ2) is 4.86. The van der Waals surface area contributed by atoms with Crippen molar-refractivity contribution < 1.29 is 22.3 Å². The fourth-order valence-corrected chi connectivity index (χ4v) is 3.72. The van der Waals surface area contributed by atoms with Gasteiger partial charge in [-0.3, -0.25) is 4.79 Å². The maximum absolute atomic E-state index is 14.0. The fourth-order valence-electron chi connectivity index (χ4n) is 2.25. The van der Waals surface area contributed by atoms with Gasteiger partial charge in [0.15, 0.2) is 15.9 Å². The molecule has 0 aromatic heterocycles. The molecule has 1 aliphatic rings. The van der Waals surface area contributed by atoms with Gasteiger partial charge in [-0.2, -0.15) is 0 Å². The van der Waals surface area contributed by atoms with Crippen molar-refractivity contribution in [3.8, 4) is 0 Å². The van der Waals surface area contributed by atoms with Crippen molar-refractivity contribution in [2.75, 3.05) is 6.26 Å². The lowest BCUT2D eigenvalue weighted by Crippen LogP contribution is -2.17. The van der Waals surface area contributed by atoms with E-state index in [9.17, 15) is 17.6 Å². The first-order valence-electron chi connectivity index (χ1n) is 5.54. The SMILES string of the molecule is CC(=O)O[C@H]1c2c(S(C)(=O)=O)ccc(Br)c2C[C@H]1F. The van der Waals surface area contributed by atoms with E-state index in [0.29, 0.717) is 10.0 Å². The van der Waals surface area contributed by atoms with Crippen molar-refractivity contribution in [3.05, 3.63) is 27.7 Å². The molecule has 0 spiro atoms. The van der Waals surface area contributed by atoms with Crippen molar-refractivity contribution in [3.63, 3.8) is 0 Å². The van der Waals surface area contributed by atoms with Crippen molar-refractivity contribution in [2.45, 2.75) is 30.5 Å². The number of ether oxygens (including phenoxy) is 1. The van der Waals surface area contributed by atoms with Gasteiger partial charge in [-0.1, -0.05) is 15.9 Å². The first-order valence-corrected chi connectivity index (χ1v) is 8.23. The van der Waals surface area contributed by atoms with Gasteiger partial charge in [-0.25, -0.2) is 12.8 Å². The fraction of sp³-hybridized carbons (Fsp3) is 0.417. The molecule has 1 aromatic rings. The highest BCUT2D eigenvalue weighted by Crippen LogP contribution is 2.43. The van der Waals surface area contributed by atoms with Gasteiger partial charge < -0.3 is 4.74 Å². The van der Waals surface area contributed by atoms with Crippen LogP contribution in [0.4, 0.5) is 4.39 Å². The van der Waals surface area contributed by atoms with E-state index in [-0.39, 0.29) is 16.9 Å². The minimum atomic E-state index is -3.52. The molecule has 0 unspecified atom stereocenters. The first kappa shape index (κ1) is 14.5. The molecule has 0 aliphatic heterocycles. The van der Waals surface area contributed by atoms with Gasteiger partial charge in [0.1, 0.15) is 6.17 Å². The van der Waals surface area contributed by atoms with Crippen LogP contribution >= 0.6 is 15.9 Å². The van der Waals surface area contributed by atoms with Gasteiger partial charge in [0.25, 0.3) is 0 Å². The number of fused-ring (bicyclic) bond motifs is 1. The van der Waals surface area contributed by atoms with Crippen LogP contribution in [-0.4, -0.2) is 26.8 Å². The van der Waals surface area contributed by atoms with E-state index in [1.165, 1.54) is 13.0 Å². The molecular weight excluding hydrogens is 339 g/mol. The standard InChI is InChI=1S/C12H12BrFO4S/c1-6(15)18-12-9(14)5-7-8(13)3-4-10(11(7)12)19(2,16)17/h3-4,9,12H,5H2,1-2H3/t9-,12-/m1/s1. The molecule has 104 valence electrons. The van der Waals surface area contributed by atoms with Crippen molar-refractivity contribution in [1.29, 1.82) is 0 Å². The Morgan fingerprint density at radius 2 is 2.11 bits per heavy atom. The lowest BCUT2D eigenvalue weighted by atomic mass is 10.1. The highest BCUT2D eigenvalue weighted by molar-refractivity contribution is 9.10. The van der Waals surface area contributed by atoms with E-state index in [2.05, 4.69) is 15.9 Å². The maximum Gasteiger partial charge on any atom is 0.303 e. The molecule has 2 rings (SSSR count). The third-order valence-corrected chi connectivity index (χ3v) is 4.86. The Morgan fingerprint density at radius 1 is 1.47 bits per heavy atom. The predicted octanol–water partition coefficient (Wildman–Crippen LogP) is 2.35. The van der Waals surface area contributed by atoms with Gasteiger partial charge in [-0.05, 0) is 17.7 Å². The zero-order valence-electron chi connectivity index (χ0n) is 10.3. The van der Waals surface area contributed by atoms with E-state index in [1.54, 1.807) is 6.07 Å². The molecule has 0 amide bonds. The highest BCUT2D eigenvalue weighted by Gasteiger charge is 2.40. The van der Waals surface area contributed by atoms with Crippen LogP contribution in [0.5, 0.6) is 0 Å². The number of sulfone groups is 1. The molecule has 0 saturated carbocycles. The lowest BCUT2D eigenvalue weighted by molar-refractivity contribution is -0.149. The lowest BCUT2D eigenvalue weighted by Gasteiger charge is -2.17. The molecule has 19 heavy (non-hydrogen) atoms. The quantitative estimate of drug-likeness (QED) is 0.768. The summed E-state index contributed by atoms with van der Waals surface area (Å²) >= 11 is 3.27. The van der Waals surface area contributed by atoms with E-state index in [4.69, 9.17) is 4.74 Å². The molecule has 0 saturated heterocycles. The molecule has 0 heterocycles. The van der Waals surface area contributed by atoms with E-state index in [1.807, 2.05) is 0 Å². The van der Waals surface area contributed by atoms with Crippen LogP contribution in [0.1, 0.15) is 24.2 Å². The molecular formula is C12H12BrFO4S. The number of carbonyl (C=O) groups is 1. The summed E-state index contributed by atoms with van der Waals surface area (Å²) in [6.07, 6.45) is -1.52. The topological polar surface area (TPSA) is 60.4 Å². The normalized spacial score (nSPS) is 22.1. The van der Waals surface area contributed by atoms with Crippen LogP contribution in [-0.2, 0) is 25.8 Å². The van der Waals surface area contributed by atoms with Gasteiger partial charge in [0, 0.05) is 29.6 Å². The number of hydrogen-bond acceptors (Lipinski definition) is 4. The number of esters is 1. The minimum Gasteiger partial charge on any atom is -0.454 e. The third-order valence-electron chi connectivity index (χ3n) is 2.96. The summed E-state index contributed by atoms with van der Waals surface area (Å²) in [7, 11) is -3.52. The molecule has 0 radical (unpaired) electrons. The largest absolute Gasteiger partial charge is 0.454 e. The second-order valence-corrected chi connectivity index (χ2v) is 7.30. The number of rotatable bonds is 2. The monoisotopic (exact) mass is 350 g/mol. The average molecular weight is 351 g/mol. The van der Waals surface area contributed by atoms with Crippen LogP contribution in [0.25, 0.3) is 0 Å². The molecule has 2 atom stereocenters. The third kappa shape index (κ3) is 2.67. The Morgan fingerprint density at radius 3 is 2.63 bits per heavy atom. The minimum absolute atomic E-state index is 0.0112. The van der Waals surface area contributed by atoms with Crippen LogP contribution in [0, 0.1) is 0 Å². The van der Waals surface area contributed by atoms with Crippen LogP contribution in [0.15, 0.2) is 21.5 Å². The number of halogens is 2. The number of hydrogen-bond donors (Lipinski definition) is 0. The summed E-state index contributed by atoms with van der Waals surface area (Å²) in [4.78, 5) is 11.1. The van der Waals surface area contributed by atoms with Gasteiger partial charge >= 0.3 is 5.97 Å².